The van der Waals surface area contributed by atoms with Crippen molar-refractivity contribution in [2.24, 2.45) is 11.8 Å². The maximum Gasteiger partial charge on any atom is 0.490 e. The van der Waals surface area contributed by atoms with E-state index in [0.717, 1.165) is 86.9 Å². The van der Waals surface area contributed by atoms with E-state index in [1.807, 2.05) is 75.8 Å². The van der Waals surface area contributed by atoms with Gasteiger partial charge in [-0.3, -0.25) is 9.59 Å². The number of carbonyl (C=O) groups is 3. The summed E-state index contributed by atoms with van der Waals surface area (Å²) in [5.41, 5.74) is 7.59. The third-order valence-corrected chi connectivity index (χ3v) is 12.5. The zero-order chi connectivity index (χ0) is 42.5. The van der Waals surface area contributed by atoms with Gasteiger partial charge in [-0.25, -0.2) is 4.79 Å². The molecule has 0 saturated carbocycles. The summed E-state index contributed by atoms with van der Waals surface area (Å²) in [7, 11) is 0. The van der Waals surface area contributed by atoms with Crippen molar-refractivity contribution in [2.75, 3.05) is 26.2 Å². The Morgan fingerprint density at radius 3 is 2.00 bits per heavy atom. The SMILES string of the molecule is O=C(Cc1ccccc1Br)N(Cc1cccc(-c2cccc(C(=O)N3CCC(CCCC4CCNCC4)CC3)c2)c1)Cc1cccc(-c2csnn2)c1.O=C(O)C(F)(F)F. The number of hydrogen-bond acceptors (Lipinski definition) is 7. The molecule has 0 spiro atoms. The number of amides is 2. The largest absolute Gasteiger partial charge is 0.490 e. The molecule has 0 radical (unpaired) electrons. The molecule has 14 heteroatoms. The quantitative estimate of drug-likeness (QED) is 0.121. The van der Waals surface area contributed by atoms with Gasteiger partial charge in [0.05, 0.1) is 6.42 Å². The fraction of sp³-hybridized carbons (Fsp3) is 0.370. The molecule has 0 bridgehead atoms. The van der Waals surface area contributed by atoms with Gasteiger partial charge in [-0.2, -0.15) is 13.2 Å². The number of carboxylic acid groups (broad SMARTS) is 1. The van der Waals surface area contributed by atoms with Crippen molar-refractivity contribution in [3.63, 3.8) is 0 Å². The minimum Gasteiger partial charge on any atom is -0.475 e. The number of hydrogen-bond donors (Lipinski definition) is 2. The highest BCUT2D eigenvalue weighted by molar-refractivity contribution is 9.10. The van der Waals surface area contributed by atoms with Gasteiger partial charge >= 0.3 is 12.1 Å². The van der Waals surface area contributed by atoms with E-state index < -0.39 is 12.1 Å². The smallest absolute Gasteiger partial charge is 0.475 e. The molecule has 0 atom stereocenters. The number of rotatable bonds is 13. The summed E-state index contributed by atoms with van der Waals surface area (Å²) in [6.45, 7) is 4.93. The fourth-order valence-electron chi connectivity index (χ4n) is 7.86. The molecule has 2 amide bonds. The van der Waals surface area contributed by atoms with Gasteiger partial charge < -0.3 is 20.2 Å². The number of nitrogens with zero attached hydrogens (tertiary/aromatic N) is 4. The number of nitrogens with one attached hydrogen (secondary N) is 1. The maximum atomic E-state index is 14.0. The van der Waals surface area contributed by atoms with E-state index in [-0.39, 0.29) is 18.2 Å². The molecule has 2 saturated heterocycles. The number of benzene rings is 4. The summed E-state index contributed by atoms with van der Waals surface area (Å²) in [5, 5.41) is 16.8. The first-order chi connectivity index (χ1) is 28.9. The van der Waals surface area contributed by atoms with E-state index >= 15 is 0 Å². The Morgan fingerprint density at radius 2 is 1.38 bits per heavy atom. The number of aliphatic carboxylic acids is 1. The van der Waals surface area contributed by atoms with Crippen LogP contribution in [0.15, 0.2) is 107 Å². The van der Waals surface area contributed by atoms with Crippen LogP contribution in [0, 0.1) is 11.8 Å². The Labute approximate surface area is 361 Å². The van der Waals surface area contributed by atoms with Crippen molar-refractivity contribution in [1.82, 2.24) is 24.7 Å². The second-order valence-corrected chi connectivity index (χ2v) is 16.9. The summed E-state index contributed by atoms with van der Waals surface area (Å²) in [4.78, 5) is 40.6. The molecule has 60 heavy (non-hydrogen) atoms. The number of piperidine rings is 2. The van der Waals surface area contributed by atoms with Crippen molar-refractivity contribution in [3.8, 4) is 22.4 Å². The molecule has 2 aliphatic heterocycles. The molecular weight excluding hydrogens is 856 g/mol. The van der Waals surface area contributed by atoms with E-state index in [2.05, 4.69) is 67.2 Å². The lowest BCUT2D eigenvalue weighted by Crippen LogP contribution is -2.38. The molecule has 0 aliphatic carbocycles. The number of carboxylic acids is 1. The first-order valence-corrected chi connectivity index (χ1v) is 21.9. The zero-order valence-electron chi connectivity index (χ0n) is 33.3. The minimum atomic E-state index is -5.08. The monoisotopic (exact) mass is 903 g/mol. The zero-order valence-corrected chi connectivity index (χ0v) is 35.7. The Balaban J connectivity index is 0.000000793. The lowest BCUT2D eigenvalue weighted by Gasteiger charge is -2.32. The Hall–Kier alpha value is -4.92. The molecule has 316 valence electrons. The van der Waals surface area contributed by atoms with Gasteiger partial charge in [-0.1, -0.05) is 106 Å². The number of alkyl halides is 3. The normalized spacial score (nSPS) is 14.9. The van der Waals surface area contributed by atoms with Gasteiger partial charge in [0.2, 0.25) is 5.91 Å². The number of aromatic nitrogens is 2. The molecule has 2 fully saturated rings. The summed E-state index contributed by atoms with van der Waals surface area (Å²) in [6, 6.07) is 32.4. The third kappa shape index (κ3) is 13.0. The van der Waals surface area contributed by atoms with Gasteiger partial charge in [-0.05, 0) is 120 Å². The van der Waals surface area contributed by atoms with Crippen LogP contribution in [0.5, 0.6) is 0 Å². The van der Waals surface area contributed by atoms with Crippen LogP contribution in [-0.2, 0) is 29.1 Å². The molecule has 5 aromatic rings. The Bertz CT molecular complexity index is 2190. The summed E-state index contributed by atoms with van der Waals surface area (Å²) >= 11 is 4.95. The van der Waals surface area contributed by atoms with Crippen LogP contribution in [0.25, 0.3) is 22.4 Å². The van der Waals surface area contributed by atoms with Gasteiger partial charge in [0.15, 0.2) is 0 Å². The van der Waals surface area contributed by atoms with E-state index in [0.29, 0.717) is 13.1 Å². The summed E-state index contributed by atoms with van der Waals surface area (Å²) in [5.74, 6) is -0.968. The molecule has 7 rings (SSSR count). The van der Waals surface area contributed by atoms with Gasteiger partial charge in [0, 0.05) is 47.2 Å². The second-order valence-electron chi connectivity index (χ2n) is 15.5. The van der Waals surface area contributed by atoms with Gasteiger partial charge in [-0.15, -0.1) is 5.10 Å². The average Bonchev–Trinajstić information content (AvgIpc) is 3.81. The number of likely N-dealkylation sites (tertiary alicyclic amines) is 1. The fourth-order valence-corrected chi connectivity index (χ4v) is 8.75. The first kappa shape index (κ1) is 44.6. The van der Waals surface area contributed by atoms with E-state index in [9.17, 15) is 22.8 Å². The van der Waals surface area contributed by atoms with Crippen molar-refractivity contribution < 1.29 is 32.7 Å². The summed E-state index contributed by atoms with van der Waals surface area (Å²) < 4.78 is 36.7. The molecule has 0 unspecified atom stereocenters. The molecule has 2 N–H and O–H groups in total. The van der Waals surface area contributed by atoms with E-state index in [1.165, 1.54) is 56.7 Å². The van der Waals surface area contributed by atoms with Crippen molar-refractivity contribution >= 4 is 45.2 Å². The number of halogens is 4. The van der Waals surface area contributed by atoms with Crippen LogP contribution in [-0.4, -0.2) is 74.6 Å². The highest BCUT2D eigenvalue weighted by atomic mass is 79.9. The Kier molecular flexibility index (Phi) is 16.0. The topological polar surface area (TPSA) is 116 Å². The maximum absolute atomic E-state index is 14.0. The first-order valence-electron chi connectivity index (χ1n) is 20.3. The minimum absolute atomic E-state index is 0.0427. The van der Waals surface area contributed by atoms with E-state index in [4.69, 9.17) is 9.90 Å². The van der Waals surface area contributed by atoms with Crippen molar-refractivity contribution in [2.45, 2.75) is 70.6 Å². The van der Waals surface area contributed by atoms with Crippen LogP contribution < -0.4 is 5.32 Å². The van der Waals surface area contributed by atoms with E-state index in [1.54, 1.807) is 0 Å². The molecule has 4 aromatic carbocycles. The molecule has 2 aliphatic rings. The lowest BCUT2D eigenvalue weighted by molar-refractivity contribution is -0.192. The highest BCUT2D eigenvalue weighted by Crippen LogP contribution is 2.29. The van der Waals surface area contributed by atoms with Crippen molar-refractivity contribution in [1.29, 1.82) is 0 Å². The summed E-state index contributed by atoms with van der Waals surface area (Å²) in [6.07, 6.45) is 4.02. The van der Waals surface area contributed by atoms with Crippen molar-refractivity contribution in [3.05, 3.63) is 129 Å². The third-order valence-electron chi connectivity index (χ3n) is 11.2. The van der Waals surface area contributed by atoms with Crippen LogP contribution in [0.1, 0.15) is 72.0 Å². The van der Waals surface area contributed by atoms with Gasteiger partial charge in [0.25, 0.3) is 5.91 Å². The molecule has 3 heterocycles. The lowest BCUT2D eigenvalue weighted by atomic mass is 9.87. The second kappa shape index (κ2) is 21.6. The number of carbonyl (C=O) groups excluding carboxylic acids is 2. The molecule has 1 aromatic heterocycles. The van der Waals surface area contributed by atoms with Crippen LogP contribution >= 0.6 is 27.5 Å². The van der Waals surface area contributed by atoms with Crippen LogP contribution in [0.4, 0.5) is 13.2 Å². The standard InChI is InChI=1S/C44H48BrN5O2S.C2HF3O2/c45-41-16-2-1-11-38(41)28-43(51)50(30-35-10-5-14-39(26-35)42-31-53-48-47-42)29-34-9-4-12-36(25-34)37-13-6-15-40(27-37)44(52)49-23-19-33(20-24-49)8-3-7-32-17-21-46-22-18-32;3-2(4,5)1(6)7/h1-2,4-6,9-16,25-27,31-33,46H,3,7-8,17-24,28-30H2;(H,6,7). The highest BCUT2D eigenvalue weighted by Gasteiger charge is 2.38. The molecule has 9 nitrogen and oxygen atoms in total. The van der Waals surface area contributed by atoms with Gasteiger partial charge in [0.1, 0.15) is 5.69 Å². The Morgan fingerprint density at radius 1 is 0.800 bits per heavy atom. The predicted octanol–water partition coefficient (Wildman–Crippen LogP) is 10.1. The predicted molar refractivity (Wildman–Crippen MR) is 231 cm³/mol. The average molecular weight is 905 g/mol. The van der Waals surface area contributed by atoms with Crippen LogP contribution in [0.2, 0.25) is 0 Å². The molecular formula is C46H49BrF3N5O4S. The van der Waals surface area contributed by atoms with Crippen LogP contribution in [0.3, 0.4) is 0 Å².